The van der Waals surface area contributed by atoms with E-state index in [0.717, 1.165) is 15.8 Å². The second-order valence-corrected chi connectivity index (χ2v) is 8.06. The smallest absolute Gasteiger partial charge is 0.267 e. The molecular weight excluding hydrogens is 426 g/mol. The Morgan fingerprint density at radius 2 is 1.78 bits per heavy atom. The largest absolute Gasteiger partial charge is 0.495 e. The lowest BCUT2D eigenvalue weighted by atomic mass is 10.2. The Morgan fingerprint density at radius 1 is 1.03 bits per heavy atom. The molecule has 0 spiro atoms. The van der Waals surface area contributed by atoms with Gasteiger partial charge in [-0.25, -0.2) is 4.98 Å². The van der Waals surface area contributed by atoms with Crippen LogP contribution in [0.25, 0.3) is 10.2 Å². The van der Waals surface area contributed by atoms with Gasteiger partial charge in [-0.2, -0.15) is 0 Å². The molecule has 0 aliphatic rings. The first-order valence-electron chi connectivity index (χ1n) is 9.99. The molecule has 4 rings (SSSR count). The molecule has 0 bridgehead atoms. The lowest BCUT2D eigenvalue weighted by Gasteiger charge is -2.20. The Kier molecular flexibility index (Phi) is 6.51. The van der Waals surface area contributed by atoms with Crippen LogP contribution in [0.15, 0.2) is 60.9 Å². The van der Waals surface area contributed by atoms with E-state index in [1.807, 2.05) is 49.4 Å². The Bertz CT molecular complexity index is 1170. The SMILES string of the molecule is COc1ccc(OC)c2sc(N(Cc3cccnc3)C(=O)COc3ccc(C)cc3)nc12. The fourth-order valence-corrected chi connectivity index (χ4v) is 4.27. The van der Waals surface area contributed by atoms with Crippen molar-refractivity contribution in [1.82, 2.24) is 9.97 Å². The summed E-state index contributed by atoms with van der Waals surface area (Å²) in [7, 11) is 3.20. The van der Waals surface area contributed by atoms with E-state index >= 15 is 0 Å². The highest BCUT2D eigenvalue weighted by Crippen LogP contribution is 2.40. The Balaban J connectivity index is 1.67. The van der Waals surface area contributed by atoms with Gasteiger partial charge in [0.05, 0.1) is 20.8 Å². The quantitative estimate of drug-likeness (QED) is 0.391. The van der Waals surface area contributed by atoms with Crippen molar-refractivity contribution < 1.29 is 19.0 Å². The number of nitrogens with zero attached hydrogens (tertiary/aromatic N) is 3. The third-order valence-electron chi connectivity index (χ3n) is 4.88. The molecule has 0 atom stereocenters. The predicted octanol–water partition coefficient (Wildman–Crippen LogP) is 4.63. The second-order valence-electron chi connectivity index (χ2n) is 7.09. The molecule has 0 aliphatic heterocycles. The fraction of sp³-hybridized carbons (Fsp3) is 0.208. The van der Waals surface area contributed by atoms with Crippen molar-refractivity contribution in [2.24, 2.45) is 0 Å². The average molecular weight is 450 g/mol. The van der Waals surface area contributed by atoms with Crippen molar-refractivity contribution >= 4 is 32.6 Å². The van der Waals surface area contributed by atoms with Crippen LogP contribution in [0.4, 0.5) is 5.13 Å². The number of carbonyl (C=O) groups excluding carboxylic acids is 1. The highest BCUT2D eigenvalue weighted by Gasteiger charge is 2.23. The van der Waals surface area contributed by atoms with Gasteiger partial charge in [0.2, 0.25) is 0 Å². The number of hydrogen-bond acceptors (Lipinski definition) is 7. The summed E-state index contributed by atoms with van der Waals surface area (Å²) >= 11 is 1.37. The van der Waals surface area contributed by atoms with Crippen molar-refractivity contribution in [1.29, 1.82) is 0 Å². The van der Waals surface area contributed by atoms with E-state index in [2.05, 4.69) is 4.98 Å². The van der Waals surface area contributed by atoms with Crippen LogP contribution in [-0.2, 0) is 11.3 Å². The summed E-state index contributed by atoms with van der Waals surface area (Å²) in [6.45, 7) is 2.20. The zero-order valence-electron chi connectivity index (χ0n) is 18.1. The normalized spacial score (nSPS) is 10.7. The van der Waals surface area contributed by atoms with Crippen LogP contribution in [0.1, 0.15) is 11.1 Å². The number of fused-ring (bicyclic) bond motifs is 1. The van der Waals surface area contributed by atoms with Crippen molar-refractivity contribution in [3.63, 3.8) is 0 Å². The number of anilines is 1. The van der Waals surface area contributed by atoms with Gasteiger partial charge in [-0.3, -0.25) is 14.7 Å². The molecule has 0 N–H and O–H groups in total. The van der Waals surface area contributed by atoms with Gasteiger partial charge in [-0.1, -0.05) is 35.1 Å². The van der Waals surface area contributed by atoms with E-state index < -0.39 is 0 Å². The van der Waals surface area contributed by atoms with E-state index in [0.29, 0.717) is 34.4 Å². The third-order valence-corrected chi connectivity index (χ3v) is 5.97. The molecule has 164 valence electrons. The molecule has 32 heavy (non-hydrogen) atoms. The lowest BCUT2D eigenvalue weighted by molar-refractivity contribution is -0.120. The Hall–Kier alpha value is -3.65. The molecule has 1 amide bonds. The number of aryl methyl sites for hydroxylation is 1. The predicted molar refractivity (Wildman–Crippen MR) is 125 cm³/mol. The zero-order chi connectivity index (χ0) is 22.5. The van der Waals surface area contributed by atoms with E-state index in [9.17, 15) is 4.79 Å². The number of rotatable bonds is 8. The molecular formula is C24H23N3O4S. The van der Waals surface area contributed by atoms with Gasteiger partial charge < -0.3 is 14.2 Å². The number of benzene rings is 2. The first-order chi connectivity index (χ1) is 15.6. The second kappa shape index (κ2) is 9.65. The minimum atomic E-state index is -0.216. The van der Waals surface area contributed by atoms with Crippen molar-refractivity contribution in [3.05, 3.63) is 72.1 Å². The number of pyridine rings is 1. The summed E-state index contributed by atoms with van der Waals surface area (Å²) in [5.74, 6) is 1.71. The van der Waals surface area contributed by atoms with E-state index in [-0.39, 0.29) is 12.5 Å². The molecule has 2 heterocycles. The van der Waals surface area contributed by atoms with E-state index in [4.69, 9.17) is 19.2 Å². The first kappa shape index (κ1) is 21.6. The summed E-state index contributed by atoms with van der Waals surface area (Å²) in [4.78, 5) is 23.7. The van der Waals surface area contributed by atoms with Gasteiger partial charge in [0.25, 0.3) is 5.91 Å². The highest BCUT2D eigenvalue weighted by atomic mass is 32.1. The van der Waals surface area contributed by atoms with Crippen LogP contribution in [0.3, 0.4) is 0 Å². The minimum absolute atomic E-state index is 0.118. The maximum atomic E-state index is 13.3. The zero-order valence-corrected chi connectivity index (χ0v) is 18.9. The maximum Gasteiger partial charge on any atom is 0.267 e. The van der Waals surface area contributed by atoms with Gasteiger partial charge in [-0.15, -0.1) is 0 Å². The molecule has 2 aromatic carbocycles. The molecule has 0 saturated heterocycles. The fourth-order valence-electron chi connectivity index (χ4n) is 3.18. The monoisotopic (exact) mass is 449 g/mol. The van der Waals surface area contributed by atoms with E-state index in [1.54, 1.807) is 37.6 Å². The molecule has 8 heteroatoms. The highest BCUT2D eigenvalue weighted by molar-refractivity contribution is 7.22. The lowest BCUT2D eigenvalue weighted by Crippen LogP contribution is -2.34. The number of methoxy groups -OCH3 is 2. The van der Waals surface area contributed by atoms with Gasteiger partial charge in [0, 0.05) is 12.4 Å². The number of ether oxygens (including phenoxy) is 3. The summed E-state index contributed by atoms with van der Waals surface area (Å²) < 4.78 is 17.5. The summed E-state index contributed by atoms with van der Waals surface area (Å²) in [5.41, 5.74) is 2.66. The molecule has 0 saturated carbocycles. The summed E-state index contributed by atoms with van der Waals surface area (Å²) in [6.07, 6.45) is 3.43. The number of hydrogen-bond donors (Lipinski definition) is 0. The van der Waals surface area contributed by atoms with Crippen LogP contribution < -0.4 is 19.1 Å². The number of thiazole rings is 1. The number of aromatic nitrogens is 2. The molecule has 0 fully saturated rings. The summed E-state index contributed by atoms with van der Waals surface area (Å²) in [6, 6.07) is 15.0. The van der Waals surface area contributed by atoms with Crippen LogP contribution >= 0.6 is 11.3 Å². The summed E-state index contributed by atoms with van der Waals surface area (Å²) in [5, 5.41) is 0.532. The maximum absolute atomic E-state index is 13.3. The molecule has 7 nitrogen and oxygen atoms in total. The molecule has 0 unspecified atom stereocenters. The molecule has 0 aliphatic carbocycles. The van der Waals surface area contributed by atoms with Crippen LogP contribution in [0.2, 0.25) is 0 Å². The van der Waals surface area contributed by atoms with Crippen molar-refractivity contribution in [2.75, 3.05) is 25.7 Å². The molecule has 0 radical (unpaired) electrons. The average Bonchev–Trinajstić information content (AvgIpc) is 3.27. The van der Waals surface area contributed by atoms with Gasteiger partial charge in [-0.05, 0) is 42.8 Å². The third kappa shape index (κ3) is 4.65. The van der Waals surface area contributed by atoms with Crippen molar-refractivity contribution in [2.45, 2.75) is 13.5 Å². The number of amides is 1. The van der Waals surface area contributed by atoms with Crippen LogP contribution in [0, 0.1) is 6.92 Å². The van der Waals surface area contributed by atoms with E-state index in [1.165, 1.54) is 11.3 Å². The molecule has 2 aromatic heterocycles. The topological polar surface area (TPSA) is 73.8 Å². The Morgan fingerprint density at radius 3 is 2.47 bits per heavy atom. The standard InChI is InChI=1S/C24H23N3O4S/c1-16-6-8-18(9-7-16)31-15-21(28)27(14-17-5-4-12-25-13-17)24-26-22-19(29-2)10-11-20(30-3)23(22)32-24/h4-13H,14-15H2,1-3H3. The first-order valence-corrected chi connectivity index (χ1v) is 10.8. The molecule has 4 aromatic rings. The van der Waals surface area contributed by atoms with Crippen LogP contribution in [0.5, 0.6) is 17.2 Å². The van der Waals surface area contributed by atoms with Crippen molar-refractivity contribution in [3.8, 4) is 17.2 Å². The number of carbonyl (C=O) groups is 1. The Labute approximate surface area is 190 Å². The van der Waals surface area contributed by atoms with Crippen LogP contribution in [-0.4, -0.2) is 36.7 Å². The van der Waals surface area contributed by atoms with Gasteiger partial charge in [0.1, 0.15) is 27.5 Å². The van der Waals surface area contributed by atoms with Gasteiger partial charge >= 0.3 is 0 Å². The minimum Gasteiger partial charge on any atom is -0.495 e. The van der Waals surface area contributed by atoms with Gasteiger partial charge in [0.15, 0.2) is 11.7 Å².